The second-order valence-electron chi connectivity index (χ2n) is 11.9. The van der Waals surface area contributed by atoms with Gasteiger partial charge >= 0.3 is 0 Å². The Labute approximate surface area is 252 Å². The van der Waals surface area contributed by atoms with Crippen molar-refractivity contribution in [3.63, 3.8) is 0 Å². The van der Waals surface area contributed by atoms with Gasteiger partial charge < -0.3 is 24.5 Å². The summed E-state index contributed by atoms with van der Waals surface area (Å²) in [4.78, 5) is 51.8. The molecule has 2 aromatic heterocycles. The summed E-state index contributed by atoms with van der Waals surface area (Å²) in [7, 11) is 0. The van der Waals surface area contributed by atoms with E-state index in [9.17, 15) is 19.2 Å². The summed E-state index contributed by atoms with van der Waals surface area (Å²) >= 11 is 0. The van der Waals surface area contributed by atoms with Crippen LogP contribution in [-0.4, -0.2) is 67.0 Å². The maximum Gasteiger partial charge on any atom is 0.265 e. The summed E-state index contributed by atoms with van der Waals surface area (Å²) in [6, 6.07) is 13.0. The molecule has 0 spiro atoms. The van der Waals surface area contributed by atoms with Crippen LogP contribution in [0.4, 0.5) is 0 Å². The normalized spacial score (nSPS) is 14.7. The number of hydrogen-bond donors (Lipinski definition) is 2. The molecule has 10 heteroatoms. The first-order chi connectivity index (χ1) is 20.5. The number of ether oxygens (including phenoxy) is 2. The molecule has 4 rings (SSSR count). The third kappa shape index (κ3) is 7.93. The lowest BCUT2D eigenvalue weighted by Crippen LogP contribution is -2.41. The van der Waals surface area contributed by atoms with Crippen LogP contribution < -0.4 is 15.4 Å². The minimum absolute atomic E-state index is 0.0100. The molecule has 232 valence electrons. The number of nitrogens with one attached hydrogen (secondary N) is 2. The van der Waals surface area contributed by atoms with Crippen molar-refractivity contribution < 1.29 is 33.1 Å². The van der Waals surface area contributed by atoms with Crippen molar-refractivity contribution in [3.8, 4) is 5.75 Å². The van der Waals surface area contributed by atoms with Crippen LogP contribution in [0, 0.1) is 5.41 Å². The van der Waals surface area contributed by atoms with Crippen LogP contribution in [0.3, 0.4) is 0 Å². The zero-order valence-electron chi connectivity index (χ0n) is 25.6. The molecule has 0 saturated heterocycles. The largest absolute Gasteiger partial charge is 0.494 e. The number of para-hydroxylation sites is 1. The number of fused-ring (bicyclic) bond motifs is 5. The molecule has 1 atom stereocenters. The first-order valence-corrected chi connectivity index (χ1v) is 15.1. The Morgan fingerprint density at radius 1 is 0.860 bits per heavy atom. The van der Waals surface area contributed by atoms with Gasteiger partial charge in [0, 0.05) is 38.1 Å². The highest BCUT2D eigenvalue weighted by atomic mass is 16.5. The van der Waals surface area contributed by atoms with E-state index in [-0.39, 0.29) is 24.8 Å². The van der Waals surface area contributed by atoms with Crippen molar-refractivity contribution in [3.05, 3.63) is 53.6 Å². The average Bonchev–Trinajstić information content (AvgIpc) is 3.67. The summed E-state index contributed by atoms with van der Waals surface area (Å²) in [5.74, 6) is -0.210. The van der Waals surface area contributed by atoms with Crippen molar-refractivity contribution in [2.45, 2.75) is 71.8 Å². The van der Waals surface area contributed by atoms with Crippen molar-refractivity contribution in [1.82, 2.24) is 15.5 Å². The molecule has 1 aromatic carbocycles. The Morgan fingerprint density at radius 3 is 2.19 bits per heavy atom. The maximum absolute atomic E-state index is 12.9. The Balaban J connectivity index is 1.09. The van der Waals surface area contributed by atoms with Gasteiger partial charge in [0.05, 0.1) is 23.3 Å². The van der Waals surface area contributed by atoms with Crippen molar-refractivity contribution in [1.29, 1.82) is 0 Å². The molecule has 3 aromatic rings. The van der Waals surface area contributed by atoms with E-state index in [2.05, 4.69) is 10.6 Å². The summed E-state index contributed by atoms with van der Waals surface area (Å²) in [5, 5.41) is 5.92. The van der Waals surface area contributed by atoms with Gasteiger partial charge in [0.2, 0.25) is 11.8 Å². The molecule has 0 saturated carbocycles. The zero-order chi connectivity index (χ0) is 31.0. The van der Waals surface area contributed by atoms with E-state index in [4.69, 9.17) is 13.9 Å². The summed E-state index contributed by atoms with van der Waals surface area (Å²) in [5.41, 5.74) is 0.342. The van der Waals surface area contributed by atoms with E-state index in [1.807, 2.05) is 58.0 Å². The quantitative estimate of drug-likeness (QED) is 0.158. The van der Waals surface area contributed by atoms with Gasteiger partial charge in [0.1, 0.15) is 16.9 Å². The van der Waals surface area contributed by atoms with Crippen LogP contribution in [0.5, 0.6) is 5.75 Å². The topological polar surface area (TPSA) is 127 Å². The molecule has 4 amide bonds. The SMILES string of the molecule is CCC(C)(CCOC(C)(C)CCNC(=O)CCN1C(=O)c2c(c3ccc2o3)C1=O)C(=O)NCCCCOc1ccccc1. The van der Waals surface area contributed by atoms with Gasteiger partial charge in [0.25, 0.3) is 11.8 Å². The van der Waals surface area contributed by atoms with Crippen molar-refractivity contribution >= 4 is 34.8 Å². The molecule has 1 aliphatic heterocycles. The number of benzene rings is 2. The van der Waals surface area contributed by atoms with Crippen LogP contribution in [0.1, 0.15) is 86.9 Å². The second kappa shape index (κ2) is 14.0. The third-order valence-electron chi connectivity index (χ3n) is 8.22. The fourth-order valence-corrected chi connectivity index (χ4v) is 5.07. The first-order valence-electron chi connectivity index (χ1n) is 15.1. The number of carbonyl (C=O) groups excluding carboxylic acids is 4. The molecule has 43 heavy (non-hydrogen) atoms. The molecular formula is C33H43N3O7. The predicted octanol–water partition coefficient (Wildman–Crippen LogP) is 4.94. The first kappa shape index (κ1) is 32.0. The van der Waals surface area contributed by atoms with Crippen LogP contribution in [0.25, 0.3) is 11.2 Å². The summed E-state index contributed by atoms with van der Waals surface area (Å²) in [6.45, 7) is 9.89. The van der Waals surface area contributed by atoms with E-state index in [1.54, 1.807) is 12.1 Å². The lowest BCUT2D eigenvalue weighted by atomic mass is 9.83. The van der Waals surface area contributed by atoms with E-state index >= 15 is 0 Å². The highest BCUT2D eigenvalue weighted by Crippen LogP contribution is 2.35. The lowest BCUT2D eigenvalue weighted by Gasteiger charge is -2.30. The smallest absolute Gasteiger partial charge is 0.265 e. The van der Waals surface area contributed by atoms with Crippen LogP contribution in [0.2, 0.25) is 0 Å². The number of rotatable bonds is 18. The number of carbonyl (C=O) groups is 4. The van der Waals surface area contributed by atoms with Gasteiger partial charge in [-0.3, -0.25) is 24.1 Å². The number of furan rings is 2. The summed E-state index contributed by atoms with van der Waals surface area (Å²) in [6.07, 6.45) is 3.54. The minimum atomic E-state index is -0.539. The zero-order valence-corrected chi connectivity index (χ0v) is 25.6. The maximum atomic E-state index is 12.9. The molecule has 0 aliphatic carbocycles. The third-order valence-corrected chi connectivity index (χ3v) is 8.22. The van der Waals surface area contributed by atoms with Gasteiger partial charge in [0.15, 0.2) is 0 Å². The van der Waals surface area contributed by atoms with E-state index in [0.717, 1.165) is 23.5 Å². The fraction of sp³-hybridized carbons (Fsp3) is 0.515. The standard InChI is InChI=1S/C33H43N3O7/c1-5-33(4,31(40)35-18-9-10-21-41-23-11-7-6-8-12-23)17-22-42-32(2,3)16-19-34-26(37)15-20-36-29(38)27-24-13-14-25(43-24)28(27)30(36)39/h6-8,11-14H,5,9-10,15-22H2,1-4H3,(H,34,37)(H,35,40). The number of hydrogen-bond acceptors (Lipinski definition) is 7. The highest BCUT2D eigenvalue weighted by Gasteiger charge is 2.41. The van der Waals surface area contributed by atoms with E-state index in [1.165, 1.54) is 0 Å². The molecule has 3 heterocycles. The Morgan fingerprint density at radius 2 is 1.53 bits per heavy atom. The van der Waals surface area contributed by atoms with E-state index < -0.39 is 22.8 Å². The van der Waals surface area contributed by atoms with E-state index in [0.29, 0.717) is 67.9 Å². The van der Waals surface area contributed by atoms with Crippen LogP contribution in [0.15, 0.2) is 46.9 Å². The molecule has 10 nitrogen and oxygen atoms in total. The number of nitrogens with zero attached hydrogens (tertiary/aromatic N) is 1. The minimum Gasteiger partial charge on any atom is -0.494 e. The van der Waals surface area contributed by atoms with Crippen molar-refractivity contribution in [2.75, 3.05) is 32.8 Å². The molecule has 1 unspecified atom stereocenters. The van der Waals surface area contributed by atoms with Crippen LogP contribution in [-0.2, 0) is 14.3 Å². The van der Waals surface area contributed by atoms with Gasteiger partial charge in [-0.1, -0.05) is 32.0 Å². The molecule has 0 fully saturated rings. The predicted molar refractivity (Wildman–Crippen MR) is 162 cm³/mol. The Hall–Kier alpha value is -3.92. The monoisotopic (exact) mass is 593 g/mol. The number of amides is 4. The molecule has 0 radical (unpaired) electrons. The lowest BCUT2D eigenvalue weighted by molar-refractivity contribution is -0.132. The van der Waals surface area contributed by atoms with Crippen molar-refractivity contribution in [2.24, 2.45) is 5.41 Å². The second-order valence-corrected chi connectivity index (χ2v) is 11.9. The van der Waals surface area contributed by atoms with Gasteiger partial charge in [-0.25, -0.2) is 0 Å². The number of unbranched alkanes of at least 4 members (excludes halogenated alkanes) is 1. The number of imide groups is 1. The molecular weight excluding hydrogens is 550 g/mol. The highest BCUT2D eigenvalue weighted by molar-refractivity contribution is 6.27. The van der Waals surface area contributed by atoms with Crippen LogP contribution >= 0.6 is 0 Å². The molecule has 2 N–H and O–H groups in total. The average molecular weight is 594 g/mol. The molecule has 2 bridgehead atoms. The Bertz CT molecular complexity index is 1360. The summed E-state index contributed by atoms with van der Waals surface area (Å²) < 4.78 is 17.2. The fourth-order valence-electron chi connectivity index (χ4n) is 5.07. The Kier molecular flexibility index (Phi) is 10.4. The van der Waals surface area contributed by atoms with Gasteiger partial charge in [-0.05, 0) is 70.2 Å². The van der Waals surface area contributed by atoms with Gasteiger partial charge in [-0.2, -0.15) is 0 Å². The molecule has 1 aliphatic rings. The van der Waals surface area contributed by atoms with Gasteiger partial charge in [-0.15, -0.1) is 0 Å².